The van der Waals surface area contributed by atoms with Gasteiger partial charge in [-0.3, -0.25) is 4.79 Å². The fourth-order valence-electron chi connectivity index (χ4n) is 3.07. The molecule has 1 aliphatic carbocycles. The van der Waals surface area contributed by atoms with E-state index < -0.39 is 5.41 Å². The molecule has 1 heterocycles. The van der Waals surface area contributed by atoms with Gasteiger partial charge in [0.1, 0.15) is 0 Å². The Hall–Kier alpha value is -2.24. The number of carbonyl (C=O) groups is 1. The summed E-state index contributed by atoms with van der Waals surface area (Å²) >= 11 is 0. The number of methoxy groups -OCH3 is 3. The second-order valence-electron chi connectivity index (χ2n) is 5.41. The average molecular weight is 290 g/mol. The third-order valence-electron chi connectivity index (χ3n) is 4.34. The molecule has 1 amide bonds. The van der Waals surface area contributed by atoms with E-state index in [0.717, 1.165) is 17.5 Å². The van der Waals surface area contributed by atoms with Crippen LogP contribution in [0, 0.1) is 5.41 Å². The number of nitrogens with one attached hydrogen (secondary N) is 1. The molecule has 0 unspecified atom stereocenters. The van der Waals surface area contributed by atoms with Gasteiger partial charge in [-0.05, 0) is 31.4 Å². The number of ether oxygens (including phenoxy) is 3. The molecule has 1 aliphatic heterocycles. The van der Waals surface area contributed by atoms with Gasteiger partial charge in [0.15, 0.2) is 11.5 Å². The summed E-state index contributed by atoms with van der Waals surface area (Å²) in [4.78, 5) is 12.1. The van der Waals surface area contributed by atoms with Crippen molar-refractivity contribution in [2.24, 2.45) is 10.5 Å². The molecule has 2 aliphatic rings. The van der Waals surface area contributed by atoms with Crippen LogP contribution in [0.15, 0.2) is 11.2 Å². The van der Waals surface area contributed by atoms with Crippen molar-refractivity contribution in [3.05, 3.63) is 17.2 Å². The lowest BCUT2D eigenvalue weighted by Gasteiger charge is -2.31. The van der Waals surface area contributed by atoms with E-state index in [0.29, 0.717) is 29.4 Å². The number of aryl methyl sites for hydroxylation is 1. The summed E-state index contributed by atoms with van der Waals surface area (Å²) in [6, 6.07) is 1.93. The molecule has 21 heavy (non-hydrogen) atoms. The Balaban J connectivity index is 2.28. The first-order valence-corrected chi connectivity index (χ1v) is 6.77. The zero-order valence-electron chi connectivity index (χ0n) is 12.6. The Morgan fingerprint density at radius 3 is 2.52 bits per heavy atom. The van der Waals surface area contributed by atoms with E-state index in [-0.39, 0.29) is 5.91 Å². The van der Waals surface area contributed by atoms with Gasteiger partial charge in [-0.1, -0.05) is 0 Å². The highest BCUT2D eigenvalue weighted by atomic mass is 16.5. The van der Waals surface area contributed by atoms with Crippen LogP contribution in [-0.4, -0.2) is 32.9 Å². The van der Waals surface area contributed by atoms with Gasteiger partial charge in [-0.25, -0.2) is 5.43 Å². The van der Waals surface area contributed by atoms with Crippen molar-refractivity contribution < 1.29 is 19.0 Å². The monoisotopic (exact) mass is 290 g/mol. The van der Waals surface area contributed by atoms with Crippen LogP contribution in [0.2, 0.25) is 0 Å². The largest absolute Gasteiger partial charge is 0.493 e. The maximum absolute atomic E-state index is 12.1. The van der Waals surface area contributed by atoms with Crippen molar-refractivity contribution in [2.75, 3.05) is 21.3 Å². The zero-order chi connectivity index (χ0) is 15.2. The maximum atomic E-state index is 12.1. The van der Waals surface area contributed by atoms with Crippen molar-refractivity contribution in [2.45, 2.75) is 19.8 Å². The van der Waals surface area contributed by atoms with Crippen LogP contribution in [-0.2, 0) is 11.2 Å². The predicted octanol–water partition coefficient (Wildman–Crippen LogP) is 1.50. The number of rotatable bonds is 3. The molecule has 6 heteroatoms. The number of hydrogen-bond donors (Lipinski definition) is 1. The van der Waals surface area contributed by atoms with Gasteiger partial charge >= 0.3 is 0 Å². The standard InChI is InChI=1S/C15H18N2O4/c1-15-6-5-8-7-9(19-2)11(20-3)12(21-4)10(8)13(15)16-17-14(15)18/h7H,5-6H2,1-4H3,(H,17,18)/t15-/m0/s1. The lowest BCUT2D eigenvalue weighted by atomic mass is 9.71. The van der Waals surface area contributed by atoms with E-state index in [2.05, 4.69) is 10.5 Å². The summed E-state index contributed by atoms with van der Waals surface area (Å²) < 4.78 is 16.3. The first-order chi connectivity index (χ1) is 10.1. The quantitative estimate of drug-likeness (QED) is 0.916. The second kappa shape index (κ2) is 4.65. The Morgan fingerprint density at radius 1 is 1.19 bits per heavy atom. The van der Waals surface area contributed by atoms with Gasteiger partial charge in [0.25, 0.3) is 5.91 Å². The first kappa shape index (κ1) is 13.7. The van der Waals surface area contributed by atoms with Crippen molar-refractivity contribution in [3.8, 4) is 17.2 Å². The maximum Gasteiger partial charge on any atom is 0.252 e. The van der Waals surface area contributed by atoms with Crippen LogP contribution >= 0.6 is 0 Å². The molecule has 0 spiro atoms. The number of hydrogen-bond acceptors (Lipinski definition) is 5. The number of hydrazone groups is 1. The molecular formula is C15H18N2O4. The summed E-state index contributed by atoms with van der Waals surface area (Å²) in [6.45, 7) is 1.91. The molecular weight excluding hydrogens is 272 g/mol. The highest BCUT2D eigenvalue weighted by Crippen LogP contribution is 2.49. The topological polar surface area (TPSA) is 69.2 Å². The van der Waals surface area contributed by atoms with Crippen molar-refractivity contribution in [3.63, 3.8) is 0 Å². The molecule has 1 aromatic rings. The molecule has 6 nitrogen and oxygen atoms in total. The van der Waals surface area contributed by atoms with Gasteiger partial charge in [0.2, 0.25) is 5.75 Å². The number of fused-ring (bicyclic) bond motifs is 3. The molecule has 112 valence electrons. The fraction of sp³-hybridized carbons (Fsp3) is 0.467. The number of amides is 1. The Bertz CT molecular complexity index is 654. The van der Waals surface area contributed by atoms with Gasteiger partial charge in [-0.2, -0.15) is 5.10 Å². The lowest BCUT2D eigenvalue weighted by Crippen LogP contribution is -2.39. The highest BCUT2D eigenvalue weighted by molar-refractivity contribution is 6.22. The minimum atomic E-state index is -0.611. The van der Waals surface area contributed by atoms with Crippen LogP contribution in [0.25, 0.3) is 0 Å². The zero-order valence-corrected chi connectivity index (χ0v) is 12.6. The first-order valence-electron chi connectivity index (χ1n) is 6.77. The van der Waals surface area contributed by atoms with Gasteiger partial charge in [0.05, 0.1) is 32.5 Å². The molecule has 3 rings (SSSR count). The Morgan fingerprint density at radius 2 is 1.90 bits per heavy atom. The summed E-state index contributed by atoms with van der Waals surface area (Å²) in [5, 5.41) is 4.23. The smallest absolute Gasteiger partial charge is 0.252 e. The van der Waals surface area contributed by atoms with Crippen molar-refractivity contribution in [1.82, 2.24) is 5.43 Å². The van der Waals surface area contributed by atoms with Crippen LogP contribution in [0.5, 0.6) is 17.2 Å². The minimum absolute atomic E-state index is 0.0695. The Labute approximate surface area is 123 Å². The molecule has 0 aromatic heterocycles. The summed E-state index contributed by atoms with van der Waals surface area (Å²) in [5.41, 5.74) is 4.57. The summed E-state index contributed by atoms with van der Waals surface area (Å²) in [7, 11) is 4.73. The van der Waals surface area contributed by atoms with Crippen LogP contribution in [0.4, 0.5) is 0 Å². The van der Waals surface area contributed by atoms with E-state index in [9.17, 15) is 4.79 Å². The van der Waals surface area contributed by atoms with Crippen LogP contribution in [0.3, 0.4) is 0 Å². The molecule has 0 radical (unpaired) electrons. The van der Waals surface area contributed by atoms with E-state index in [1.54, 1.807) is 21.3 Å². The molecule has 1 aromatic carbocycles. The fourth-order valence-corrected chi connectivity index (χ4v) is 3.07. The van der Waals surface area contributed by atoms with Crippen molar-refractivity contribution in [1.29, 1.82) is 0 Å². The average Bonchev–Trinajstić information content (AvgIpc) is 2.80. The van der Waals surface area contributed by atoms with E-state index >= 15 is 0 Å². The molecule has 1 atom stereocenters. The number of carbonyl (C=O) groups excluding carboxylic acids is 1. The second-order valence-corrected chi connectivity index (χ2v) is 5.41. The third-order valence-corrected chi connectivity index (χ3v) is 4.34. The van der Waals surface area contributed by atoms with Gasteiger partial charge < -0.3 is 14.2 Å². The Kier molecular flexibility index (Phi) is 3.04. The molecule has 0 saturated carbocycles. The number of nitrogens with zero attached hydrogens (tertiary/aromatic N) is 1. The summed E-state index contributed by atoms with van der Waals surface area (Å²) in [6.07, 6.45) is 1.47. The SMILES string of the molecule is COc1cc2c(c(OC)c1OC)C1=NNC(=O)[C@@]1(C)CC2. The predicted molar refractivity (Wildman–Crippen MR) is 77.2 cm³/mol. The minimum Gasteiger partial charge on any atom is -0.493 e. The molecule has 0 bridgehead atoms. The molecule has 0 fully saturated rings. The van der Waals surface area contributed by atoms with E-state index in [4.69, 9.17) is 14.2 Å². The van der Waals surface area contributed by atoms with Gasteiger partial charge in [-0.15, -0.1) is 0 Å². The number of benzene rings is 1. The molecule has 1 N–H and O–H groups in total. The normalized spacial score (nSPS) is 22.9. The van der Waals surface area contributed by atoms with Gasteiger partial charge in [0, 0.05) is 5.56 Å². The van der Waals surface area contributed by atoms with E-state index in [1.807, 2.05) is 13.0 Å². The van der Waals surface area contributed by atoms with E-state index in [1.165, 1.54) is 0 Å². The lowest BCUT2D eigenvalue weighted by molar-refractivity contribution is -0.125. The van der Waals surface area contributed by atoms with Crippen LogP contribution < -0.4 is 19.6 Å². The van der Waals surface area contributed by atoms with Crippen molar-refractivity contribution >= 4 is 11.6 Å². The summed E-state index contributed by atoms with van der Waals surface area (Å²) in [5.74, 6) is 1.63. The van der Waals surface area contributed by atoms with Crippen LogP contribution in [0.1, 0.15) is 24.5 Å². The third kappa shape index (κ3) is 1.71. The highest BCUT2D eigenvalue weighted by Gasteiger charge is 2.48. The molecule has 0 saturated heterocycles.